The van der Waals surface area contributed by atoms with Crippen molar-refractivity contribution in [1.29, 1.82) is 0 Å². The maximum Gasteiger partial charge on any atom is 0.184 e. The monoisotopic (exact) mass is 919 g/mol. The number of fused-ring (bicyclic) bond motifs is 12. The van der Waals surface area contributed by atoms with E-state index >= 15 is 0 Å². The second-order valence-electron chi connectivity index (χ2n) is 18.4. The molecule has 0 N–H and O–H groups in total. The van der Waals surface area contributed by atoms with Gasteiger partial charge in [-0.1, -0.05) is 206 Å². The lowest BCUT2D eigenvalue weighted by atomic mass is 9.87. The van der Waals surface area contributed by atoms with Crippen LogP contribution >= 0.6 is 0 Å². The van der Waals surface area contributed by atoms with Crippen LogP contribution in [-0.4, -0.2) is 33.0 Å². The first-order chi connectivity index (χ1) is 35.2. The minimum absolute atomic E-state index is 0.619. The maximum atomic E-state index is 5.26. The fourth-order valence-corrected chi connectivity index (χ4v) is 16.4. The van der Waals surface area contributed by atoms with E-state index in [1.165, 1.54) is 69.6 Å². The van der Waals surface area contributed by atoms with Crippen LogP contribution in [0.25, 0.3) is 111 Å². The van der Waals surface area contributed by atoms with Gasteiger partial charge in [0.2, 0.25) is 0 Å². The standard InChI is InChI=1S/C65H41N5Si/c1-3-13-42(14-4-1)44-23-27-47(28-24-44)63-68-64(48-29-25-45(26-30-48)43-15-5-2-6-16-43)70-65(69-63)49-31-33-54-56-34-36-59-62(60(56)55-22-10-9-21-53(55)57(54)39-49)61-52-20-8-7-17-46(52)32-35-58(61)71(59,50-18-11-37-66-40-50)51-19-12-38-67-41-51/h1-41H. The Morgan fingerprint density at radius 2 is 0.718 bits per heavy atom. The van der Waals surface area contributed by atoms with Crippen molar-refractivity contribution in [2.24, 2.45) is 0 Å². The molecule has 0 amide bonds. The van der Waals surface area contributed by atoms with Crippen LogP contribution in [0.4, 0.5) is 0 Å². The first kappa shape index (κ1) is 40.8. The van der Waals surface area contributed by atoms with Crippen molar-refractivity contribution in [3.05, 3.63) is 249 Å². The largest absolute Gasteiger partial charge is 0.265 e. The summed E-state index contributed by atoms with van der Waals surface area (Å²) in [5.41, 5.74) is 9.98. The van der Waals surface area contributed by atoms with E-state index < -0.39 is 8.07 Å². The molecule has 0 fully saturated rings. The van der Waals surface area contributed by atoms with E-state index in [0.29, 0.717) is 17.5 Å². The number of aromatic nitrogens is 5. The Hall–Kier alpha value is -9.23. The summed E-state index contributed by atoms with van der Waals surface area (Å²) in [5.74, 6) is 1.86. The van der Waals surface area contributed by atoms with E-state index in [1.807, 2.05) is 24.5 Å². The molecule has 0 saturated carbocycles. The summed E-state index contributed by atoms with van der Waals surface area (Å²) in [6.07, 6.45) is 7.95. The van der Waals surface area contributed by atoms with E-state index in [1.54, 1.807) is 0 Å². The number of pyridine rings is 2. The Kier molecular flexibility index (Phi) is 9.47. The van der Waals surface area contributed by atoms with E-state index in [-0.39, 0.29) is 0 Å². The Bertz CT molecular complexity index is 4030. The van der Waals surface area contributed by atoms with E-state index in [4.69, 9.17) is 24.9 Å². The van der Waals surface area contributed by atoms with Gasteiger partial charge in [0.25, 0.3) is 0 Å². The maximum absolute atomic E-state index is 5.26. The predicted molar refractivity (Wildman–Crippen MR) is 295 cm³/mol. The number of hydrogen-bond donors (Lipinski definition) is 0. The van der Waals surface area contributed by atoms with Gasteiger partial charge in [-0.15, -0.1) is 0 Å². The lowest BCUT2D eigenvalue weighted by molar-refractivity contribution is 1.07. The molecule has 6 heteroatoms. The van der Waals surface area contributed by atoms with E-state index in [2.05, 4.69) is 225 Å². The summed E-state index contributed by atoms with van der Waals surface area (Å²) >= 11 is 0. The highest BCUT2D eigenvalue weighted by Gasteiger charge is 2.50. The molecule has 0 unspecified atom stereocenters. The van der Waals surface area contributed by atoms with Gasteiger partial charge in [0.15, 0.2) is 25.5 Å². The van der Waals surface area contributed by atoms with Gasteiger partial charge in [-0.25, -0.2) is 15.0 Å². The van der Waals surface area contributed by atoms with E-state index in [9.17, 15) is 0 Å². The fraction of sp³-hybridized carbons (Fsp3) is 0. The van der Waals surface area contributed by atoms with Gasteiger partial charge in [-0.2, -0.15) is 0 Å². The second-order valence-corrected chi connectivity index (χ2v) is 22.1. The van der Waals surface area contributed by atoms with Crippen molar-refractivity contribution in [2.75, 3.05) is 0 Å². The molecule has 0 bridgehead atoms. The molecule has 330 valence electrons. The quantitative estimate of drug-likeness (QED) is 0.118. The minimum Gasteiger partial charge on any atom is -0.265 e. The third-order valence-electron chi connectivity index (χ3n) is 14.6. The van der Waals surface area contributed by atoms with E-state index in [0.717, 1.165) is 44.3 Å². The molecule has 5 nitrogen and oxygen atoms in total. The Morgan fingerprint density at radius 3 is 1.31 bits per heavy atom. The lowest BCUT2D eigenvalue weighted by Crippen LogP contribution is -2.73. The number of nitrogens with zero attached hydrogens (tertiary/aromatic N) is 5. The topological polar surface area (TPSA) is 64.5 Å². The van der Waals surface area contributed by atoms with Gasteiger partial charge in [-0.05, 0) is 115 Å². The molecule has 0 atom stereocenters. The third-order valence-corrected chi connectivity index (χ3v) is 19.3. The van der Waals surface area contributed by atoms with Crippen LogP contribution in [0.3, 0.4) is 0 Å². The average molecular weight is 920 g/mol. The minimum atomic E-state index is -2.92. The molecule has 0 saturated heterocycles. The molecule has 3 aromatic heterocycles. The van der Waals surface area contributed by atoms with Crippen LogP contribution in [-0.2, 0) is 0 Å². The second kappa shape index (κ2) is 16.5. The summed E-state index contributed by atoms with van der Waals surface area (Å²) in [6.45, 7) is 0. The van der Waals surface area contributed by atoms with Crippen molar-refractivity contribution in [2.45, 2.75) is 0 Å². The molecular weight excluding hydrogens is 879 g/mol. The van der Waals surface area contributed by atoms with Crippen molar-refractivity contribution in [1.82, 2.24) is 24.9 Å². The third kappa shape index (κ3) is 6.49. The summed E-state index contributed by atoms with van der Waals surface area (Å²) in [4.78, 5) is 25.2. The summed E-state index contributed by atoms with van der Waals surface area (Å²) < 4.78 is 0. The van der Waals surface area contributed by atoms with Gasteiger partial charge >= 0.3 is 0 Å². The number of rotatable bonds is 7. The Balaban J connectivity index is 0.996. The zero-order valence-electron chi connectivity index (χ0n) is 38.4. The highest BCUT2D eigenvalue weighted by molar-refractivity contribution is 7.22. The zero-order chi connectivity index (χ0) is 46.9. The normalized spacial score (nSPS) is 12.6. The molecule has 0 spiro atoms. The number of hydrogen-bond acceptors (Lipinski definition) is 5. The van der Waals surface area contributed by atoms with Crippen molar-refractivity contribution >= 4 is 71.9 Å². The summed E-state index contributed by atoms with van der Waals surface area (Å²) in [7, 11) is -2.92. The first-order valence-electron chi connectivity index (χ1n) is 24.0. The van der Waals surface area contributed by atoms with Crippen molar-refractivity contribution < 1.29 is 0 Å². The first-order valence-corrected chi connectivity index (χ1v) is 26.0. The van der Waals surface area contributed by atoms with Gasteiger partial charge in [0.1, 0.15) is 0 Å². The smallest absolute Gasteiger partial charge is 0.184 e. The molecular formula is C65H41N5Si. The van der Waals surface area contributed by atoms with Gasteiger partial charge in [0.05, 0.1) is 0 Å². The van der Waals surface area contributed by atoms with Crippen molar-refractivity contribution in [3.8, 4) is 67.5 Å². The molecule has 1 aliphatic rings. The average Bonchev–Trinajstić information content (AvgIpc) is 3.77. The SMILES string of the molecule is c1ccc(-c2ccc(-c3nc(-c4ccc(-c5ccccc5)cc4)nc(-c4ccc5c(c4)c4ccccc4c4c6c(ccc54)[Si](c4cccnc4)(c4cccnc4)c4ccc5ccccc5c4-6)n3)cc2)cc1. The molecule has 14 rings (SSSR count). The molecule has 0 radical (unpaired) electrons. The molecule has 0 aliphatic carbocycles. The molecule has 13 aromatic rings. The van der Waals surface area contributed by atoms with Crippen LogP contribution in [0.15, 0.2) is 249 Å². The molecule has 71 heavy (non-hydrogen) atoms. The highest BCUT2D eigenvalue weighted by Crippen LogP contribution is 2.45. The molecule has 1 aliphatic heterocycles. The van der Waals surface area contributed by atoms with Crippen molar-refractivity contribution in [3.63, 3.8) is 0 Å². The van der Waals surface area contributed by atoms with Gasteiger partial charge < -0.3 is 0 Å². The highest BCUT2D eigenvalue weighted by atomic mass is 28.3. The summed E-state index contributed by atoms with van der Waals surface area (Å²) in [6, 6.07) is 80.7. The summed E-state index contributed by atoms with van der Waals surface area (Å²) in [5, 5.41) is 14.9. The van der Waals surface area contributed by atoms with Crippen LogP contribution in [0, 0.1) is 0 Å². The fourth-order valence-electron chi connectivity index (χ4n) is 11.4. The number of benzene rings is 10. The van der Waals surface area contributed by atoms with Gasteiger partial charge in [0, 0.05) is 41.5 Å². The zero-order valence-corrected chi connectivity index (χ0v) is 39.4. The Morgan fingerprint density at radius 1 is 0.282 bits per heavy atom. The molecule has 10 aromatic carbocycles. The van der Waals surface area contributed by atoms with Crippen LogP contribution in [0.5, 0.6) is 0 Å². The molecule has 4 heterocycles. The van der Waals surface area contributed by atoms with Crippen LogP contribution < -0.4 is 20.7 Å². The van der Waals surface area contributed by atoms with Gasteiger partial charge in [-0.3, -0.25) is 9.97 Å². The lowest BCUT2D eigenvalue weighted by Gasteiger charge is -2.30. The van der Waals surface area contributed by atoms with Crippen LogP contribution in [0.2, 0.25) is 0 Å². The van der Waals surface area contributed by atoms with Crippen LogP contribution in [0.1, 0.15) is 0 Å². The Labute approximate surface area is 411 Å². The predicted octanol–water partition coefficient (Wildman–Crippen LogP) is 13.0.